The number of carbonyl (C=O) groups excluding carboxylic acids is 6. The molecule has 9 amide bonds. The Morgan fingerprint density at radius 3 is 2.12 bits per heavy atom. The summed E-state index contributed by atoms with van der Waals surface area (Å²) in [7, 11) is 1.15. The van der Waals surface area contributed by atoms with Gasteiger partial charge in [-0.1, -0.05) is 27.7 Å². The maximum absolute atomic E-state index is 15.1. The summed E-state index contributed by atoms with van der Waals surface area (Å²) in [6.07, 6.45) is -16.8. The molecule has 1 aromatic heterocycles. The number of nitrogens with zero attached hydrogens (tertiary/aromatic N) is 4. The number of benzene rings is 2. The molecular weight excluding hydrogens is 1130 g/mol. The quantitative estimate of drug-likeness (QED) is 0.0315. The lowest BCUT2D eigenvalue weighted by atomic mass is 9.97. The van der Waals surface area contributed by atoms with E-state index in [9.17, 15) is 72.7 Å². The monoisotopic (exact) mass is 1200 g/mol. The number of carboxylic acids is 1. The first kappa shape index (κ1) is 64.4. The molecule has 0 radical (unpaired) electrons. The van der Waals surface area contributed by atoms with Gasteiger partial charge in [0.05, 0.1) is 17.8 Å². The number of hydrogen-bond acceptors (Lipinski definition) is 20. The summed E-state index contributed by atoms with van der Waals surface area (Å²) in [5.41, 5.74) is 4.02. The predicted octanol–water partition coefficient (Wildman–Crippen LogP) is -2.96. The van der Waals surface area contributed by atoms with Crippen molar-refractivity contribution >= 4 is 59.1 Å². The third-order valence-corrected chi connectivity index (χ3v) is 14.5. The topological polar surface area (TPSA) is 441 Å². The molecule has 3 saturated heterocycles. The summed E-state index contributed by atoms with van der Waals surface area (Å²) in [6, 6.07) is -0.649. The number of halogens is 2. The van der Waals surface area contributed by atoms with E-state index in [2.05, 4.69) is 42.2 Å². The molecule has 4 aliphatic rings. The van der Waals surface area contributed by atoms with Crippen LogP contribution in [0.5, 0.6) is 0 Å². The molecule has 0 bridgehead atoms. The highest BCUT2D eigenvalue weighted by molar-refractivity contribution is 6.21. The van der Waals surface area contributed by atoms with Crippen molar-refractivity contribution in [2.75, 3.05) is 43.5 Å². The van der Waals surface area contributed by atoms with Crippen LogP contribution in [0.15, 0.2) is 75.4 Å². The van der Waals surface area contributed by atoms with Crippen molar-refractivity contribution in [1.29, 1.82) is 0 Å². The zero-order valence-corrected chi connectivity index (χ0v) is 46.5. The second-order valence-corrected chi connectivity index (χ2v) is 21.1. The number of aromatic amines is 1. The molecule has 0 saturated carbocycles. The Morgan fingerprint density at radius 2 is 1.51 bits per heavy atom. The standard InChI is InChI=1S/C52H69F2N13O18/c1-22(2)31(46(76)77)63-50(79)64-32(28-15-18-57-48(55)60-28)43(74)62-33(35(69)23(3)4)42(73)56-17-6-19-65-34(44(75)67(52(65)81)27-13-9-25(54)10-14-27)39(40-37(71)38(72)45(84-40)66-20-16-30(68)61-51(66)80)85-47-41(82-5)36(70)29(83-47)21-58-49(78)59-26-11-7-24(53)8-12-26/h7-14,16,20,22-23,28-29,31-41,45,47,69-72H,6,15,17-19,21H2,1-5H3,(H,56,73)(H,62,74)(H,76,77)(H3,55,57,60)(H2,58,59,78)(H,61,68,80)(H2,63,64,79)/t28?,29-,31?,32?,33?,34?,35?,36?,37?,38?,39?,40+,41?,45-,47?/m1/s1. The van der Waals surface area contributed by atoms with E-state index in [1.165, 1.54) is 12.1 Å². The lowest BCUT2D eigenvalue weighted by molar-refractivity contribution is -0.232. The van der Waals surface area contributed by atoms with Gasteiger partial charge in [-0.3, -0.25) is 33.7 Å². The number of aliphatic carboxylic acids is 1. The van der Waals surface area contributed by atoms with Gasteiger partial charge in [0.1, 0.15) is 78.5 Å². The SMILES string of the molecule is COC1C(OC(C2C(=O)N(c3ccc(F)cc3)C(=O)N2CCCNC(=O)C(NC(=O)C(NC(=O)NC(C(=O)O)C(C)C)C2CCN=C(N)N2)C(O)C(C)C)[C@H]2O[C@@H](n3ccc(=O)[nH]c3=O)C(O)C2O)O[C@H](CNC(=O)Nc2ccc(F)cc2)C1O. The van der Waals surface area contributed by atoms with Crippen molar-refractivity contribution in [3.05, 3.63) is 93.3 Å². The van der Waals surface area contributed by atoms with Gasteiger partial charge in [0.2, 0.25) is 11.8 Å². The number of nitrogens with one attached hydrogen (secondary N) is 8. The number of carbonyl (C=O) groups is 7. The van der Waals surface area contributed by atoms with Crippen molar-refractivity contribution in [3.8, 4) is 0 Å². The van der Waals surface area contributed by atoms with Gasteiger partial charge in [0, 0.05) is 51.2 Å². The van der Waals surface area contributed by atoms with Crippen molar-refractivity contribution < 1.29 is 86.8 Å². The number of aromatic nitrogens is 2. The lowest BCUT2D eigenvalue weighted by Gasteiger charge is -2.36. The smallest absolute Gasteiger partial charge is 0.332 e. The molecule has 31 nitrogen and oxygen atoms in total. The third kappa shape index (κ3) is 15.2. The number of hydrogen-bond donors (Lipinski definition) is 14. The van der Waals surface area contributed by atoms with E-state index in [0.29, 0.717) is 4.90 Å². The molecule has 85 heavy (non-hydrogen) atoms. The van der Waals surface area contributed by atoms with Crippen molar-refractivity contribution in [2.45, 2.75) is 132 Å². The molecule has 3 aromatic rings. The fraction of sp³-hybridized carbons (Fsp3) is 0.538. The number of carboxylic acid groups (broad SMARTS) is 1. The number of guanidine groups is 1. The minimum Gasteiger partial charge on any atom is -0.480 e. The number of methoxy groups -OCH3 is 1. The van der Waals surface area contributed by atoms with E-state index in [0.717, 1.165) is 65.2 Å². The van der Waals surface area contributed by atoms with Gasteiger partial charge < -0.3 is 92.3 Å². The number of urea groups is 3. The van der Waals surface area contributed by atoms with Gasteiger partial charge >= 0.3 is 29.8 Å². The summed E-state index contributed by atoms with van der Waals surface area (Å²) in [4.78, 5) is 129. The van der Waals surface area contributed by atoms with Crippen LogP contribution in [0.2, 0.25) is 0 Å². The van der Waals surface area contributed by atoms with Crippen LogP contribution in [0.3, 0.4) is 0 Å². The highest BCUT2D eigenvalue weighted by Crippen LogP contribution is 2.39. The highest BCUT2D eigenvalue weighted by atomic mass is 19.1. The molecule has 0 aliphatic carbocycles. The summed E-state index contributed by atoms with van der Waals surface area (Å²) < 4.78 is 52.9. The predicted molar refractivity (Wildman–Crippen MR) is 291 cm³/mol. The fourth-order valence-corrected chi connectivity index (χ4v) is 10.00. The van der Waals surface area contributed by atoms with Gasteiger partial charge in [-0.05, 0) is 73.2 Å². The Bertz CT molecular complexity index is 3050. The highest BCUT2D eigenvalue weighted by Gasteiger charge is 2.59. The van der Waals surface area contributed by atoms with E-state index in [-0.39, 0.29) is 43.3 Å². The third-order valence-electron chi connectivity index (χ3n) is 14.5. The number of nitrogens with two attached hydrogens (primary N) is 1. The maximum atomic E-state index is 15.1. The molecule has 0 spiro atoms. The number of H-pyrrole nitrogens is 1. The Morgan fingerprint density at radius 1 is 0.835 bits per heavy atom. The second-order valence-electron chi connectivity index (χ2n) is 21.1. The van der Waals surface area contributed by atoms with Crippen LogP contribution < -0.4 is 59.1 Å². The van der Waals surface area contributed by atoms with Crippen LogP contribution in [-0.2, 0) is 38.1 Å². The lowest BCUT2D eigenvalue weighted by Crippen LogP contribution is -2.66. The number of amides is 9. The molecule has 2 aromatic carbocycles. The first-order valence-electron chi connectivity index (χ1n) is 27.0. The van der Waals surface area contributed by atoms with E-state index in [1.54, 1.807) is 27.7 Å². The molecule has 15 atom stereocenters. The second kappa shape index (κ2) is 28.1. The molecule has 5 heterocycles. The zero-order chi connectivity index (χ0) is 62.1. The average molecular weight is 1200 g/mol. The molecule has 7 rings (SSSR count). The van der Waals surface area contributed by atoms with E-state index >= 15 is 4.79 Å². The van der Waals surface area contributed by atoms with E-state index in [1.807, 2.05) is 4.98 Å². The van der Waals surface area contributed by atoms with Gasteiger partial charge in [-0.15, -0.1) is 0 Å². The number of anilines is 2. The largest absolute Gasteiger partial charge is 0.480 e. The number of aliphatic hydroxyl groups excluding tert-OH is 4. The van der Waals surface area contributed by atoms with Crippen LogP contribution >= 0.6 is 0 Å². The summed E-state index contributed by atoms with van der Waals surface area (Å²) >= 11 is 0. The van der Waals surface area contributed by atoms with Crippen LogP contribution in [-0.4, -0.2) is 206 Å². The molecule has 3 fully saturated rings. The minimum absolute atomic E-state index is 0.0796. The Balaban J connectivity index is 1.16. The van der Waals surface area contributed by atoms with Crippen molar-refractivity contribution in [2.24, 2.45) is 22.6 Å². The Hall–Kier alpha value is -8.18. The number of rotatable bonds is 24. The molecule has 464 valence electrons. The summed E-state index contributed by atoms with van der Waals surface area (Å²) in [5, 5.41) is 73.5. The van der Waals surface area contributed by atoms with Gasteiger partial charge in [0.15, 0.2) is 18.5 Å². The molecule has 33 heteroatoms. The molecular formula is C52H69F2N13O18. The van der Waals surface area contributed by atoms with Crippen molar-refractivity contribution in [1.82, 2.24) is 46.4 Å². The van der Waals surface area contributed by atoms with Crippen LogP contribution in [0.25, 0.3) is 0 Å². The fourth-order valence-electron chi connectivity index (χ4n) is 10.00. The number of aliphatic hydroxyl groups is 4. The Kier molecular flexibility index (Phi) is 21.3. The molecule has 15 N–H and O–H groups in total. The number of aliphatic imine (C=N–C) groups is 1. The van der Waals surface area contributed by atoms with Crippen molar-refractivity contribution in [3.63, 3.8) is 0 Å². The first-order chi connectivity index (χ1) is 40.3. The first-order valence-corrected chi connectivity index (χ1v) is 27.0. The van der Waals surface area contributed by atoms with Gasteiger partial charge in [-0.2, -0.15) is 0 Å². The minimum atomic E-state index is -2.09. The summed E-state index contributed by atoms with van der Waals surface area (Å²) in [6.45, 7) is 5.00. The van der Waals surface area contributed by atoms with Crippen LogP contribution in [0, 0.1) is 23.5 Å². The van der Waals surface area contributed by atoms with E-state index < -0.39 is 181 Å². The van der Waals surface area contributed by atoms with E-state index in [4.69, 9.17) is 24.7 Å². The zero-order valence-electron chi connectivity index (χ0n) is 46.5. The van der Waals surface area contributed by atoms with Gasteiger partial charge in [-0.25, -0.2) is 37.7 Å². The summed E-state index contributed by atoms with van der Waals surface area (Å²) in [5.74, 6) is -7.10. The Labute approximate surface area is 482 Å². The van der Waals surface area contributed by atoms with Crippen LogP contribution in [0.4, 0.5) is 34.5 Å². The van der Waals surface area contributed by atoms with Crippen LogP contribution in [0.1, 0.15) is 46.8 Å². The molecule has 12 unspecified atom stereocenters. The number of ether oxygens (including phenoxy) is 4. The maximum Gasteiger partial charge on any atom is 0.332 e. The van der Waals surface area contributed by atoms with Gasteiger partial charge in [0.25, 0.3) is 11.5 Å². The molecule has 4 aliphatic heterocycles. The number of imide groups is 1. The normalized spacial score (nSPS) is 25.8. The average Bonchev–Trinajstić information content (AvgIpc) is 1.97.